The summed E-state index contributed by atoms with van der Waals surface area (Å²) >= 11 is 0. The van der Waals surface area contributed by atoms with Crippen molar-refractivity contribution in [1.29, 1.82) is 0 Å². The zero-order chi connectivity index (χ0) is 23.8. The molecule has 33 heavy (non-hydrogen) atoms. The van der Waals surface area contributed by atoms with E-state index in [0.29, 0.717) is 18.7 Å². The van der Waals surface area contributed by atoms with E-state index in [1.165, 1.54) is 0 Å². The number of nitrogens with zero attached hydrogens (tertiary/aromatic N) is 1. The van der Waals surface area contributed by atoms with E-state index in [-0.39, 0.29) is 18.4 Å². The van der Waals surface area contributed by atoms with E-state index in [2.05, 4.69) is 11.4 Å². The standard InChI is InChI=1S/C28H32N2O3/c1-20-15-21(2)22(3)26(16-20)33-19-27(31)30(18-24-13-9-6-10-14-24)25(28(32)29-4)17-23-11-7-5-8-12-23/h5-16,25H,17-19H2,1-4H3,(H,29,32). The lowest BCUT2D eigenvalue weighted by Crippen LogP contribution is -2.51. The van der Waals surface area contributed by atoms with E-state index in [9.17, 15) is 9.59 Å². The average Bonchev–Trinajstić information content (AvgIpc) is 2.83. The molecule has 0 aliphatic rings. The normalized spacial score (nSPS) is 11.5. The van der Waals surface area contributed by atoms with Crippen molar-refractivity contribution in [3.63, 3.8) is 0 Å². The molecule has 0 aliphatic heterocycles. The average molecular weight is 445 g/mol. The summed E-state index contributed by atoms with van der Waals surface area (Å²) in [4.78, 5) is 28.0. The van der Waals surface area contributed by atoms with E-state index < -0.39 is 6.04 Å². The van der Waals surface area contributed by atoms with E-state index in [4.69, 9.17) is 4.74 Å². The second-order valence-corrected chi connectivity index (χ2v) is 8.32. The fourth-order valence-corrected chi connectivity index (χ4v) is 3.87. The highest BCUT2D eigenvalue weighted by atomic mass is 16.5. The second-order valence-electron chi connectivity index (χ2n) is 8.32. The minimum atomic E-state index is -0.658. The van der Waals surface area contributed by atoms with Gasteiger partial charge in [0.15, 0.2) is 6.61 Å². The Hall–Kier alpha value is -3.60. The molecule has 172 valence electrons. The molecule has 0 bridgehead atoms. The van der Waals surface area contributed by atoms with Crippen molar-refractivity contribution in [2.24, 2.45) is 0 Å². The molecule has 0 saturated heterocycles. The molecule has 3 aromatic carbocycles. The Morgan fingerprint density at radius 3 is 2.12 bits per heavy atom. The van der Waals surface area contributed by atoms with Gasteiger partial charge in [-0.2, -0.15) is 0 Å². The van der Waals surface area contributed by atoms with Crippen molar-refractivity contribution in [3.05, 3.63) is 101 Å². The fraction of sp³-hybridized carbons (Fsp3) is 0.286. The van der Waals surface area contributed by atoms with Gasteiger partial charge < -0.3 is 15.0 Å². The maximum atomic E-state index is 13.5. The number of carbonyl (C=O) groups excluding carboxylic acids is 2. The van der Waals surface area contributed by atoms with Gasteiger partial charge in [0, 0.05) is 20.0 Å². The first kappa shape index (κ1) is 24.1. The third-order valence-electron chi connectivity index (χ3n) is 5.83. The van der Waals surface area contributed by atoms with Crippen LogP contribution in [0.15, 0.2) is 72.8 Å². The number of carbonyl (C=O) groups is 2. The highest BCUT2D eigenvalue weighted by Gasteiger charge is 2.30. The minimum Gasteiger partial charge on any atom is -0.483 e. The van der Waals surface area contributed by atoms with Crippen LogP contribution in [0.1, 0.15) is 27.8 Å². The van der Waals surface area contributed by atoms with Gasteiger partial charge in [-0.1, -0.05) is 66.7 Å². The molecule has 0 fully saturated rings. The first-order valence-electron chi connectivity index (χ1n) is 11.2. The lowest BCUT2D eigenvalue weighted by Gasteiger charge is -2.31. The molecule has 5 heteroatoms. The highest BCUT2D eigenvalue weighted by molar-refractivity contribution is 5.88. The number of benzene rings is 3. The van der Waals surface area contributed by atoms with Crippen LogP contribution < -0.4 is 10.1 Å². The van der Waals surface area contributed by atoms with Crippen LogP contribution in [0.3, 0.4) is 0 Å². The molecule has 0 aliphatic carbocycles. The van der Waals surface area contributed by atoms with Gasteiger partial charge in [0.25, 0.3) is 5.91 Å². The van der Waals surface area contributed by atoms with Crippen LogP contribution >= 0.6 is 0 Å². The molecule has 1 unspecified atom stereocenters. The summed E-state index contributed by atoms with van der Waals surface area (Å²) < 4.78 is 5.97. The molecule has 0 saturated carbocycles. The van der Waals surface area contributed by atoms with Crippen molar-refractivity contribution < 1.29 is 14.3 Å². The summed E-state index contributed by atoms with van der Waals surface area (Å²) in [6.07, 6.45) is 0.418. The van der Waals surface area contributed by atoms with Crippen LogP contribution in [0.25, 0.3) is 0 Å². The van der Waals surface area contributed by atoms with Crippen molar-refractivity contribution in [1.82, 2.24) is 10.2 Å². The van der Waals surface area contributed by atoms with Crippen LogP contribution in [-0.2, 0) is 22.6 Å². The number of hydrogen-bond donors (Lipinski definition) is 1. The first-order chi connectivity index (χ1) is 15.9. The monoisotopic (exact) mass is 444 g/mol. The third kappa shape index (κ3) is 6.45. The number of aryl methyl sites for hydroxylation is 2. The van der Waals surface area contributed by atoms with Gasteiger partial charge in [0.05, 0.1) is 0 Å². The SMILES string of the molecule is CNC(=O)C(Cc1ccccc1)N(Cc1ccccc1)C(=O)COc1cc(C)cc(C)c1C. The smallest absolute Gasteiger partial charge is 0.261 e. The summed E-state index contributed by atoms with van der Waals surface area (Å²) in [6.45, 7) is 6.20. The highest BCUT2D eigenvalue weighted by Crippen LogP contribution is 2.24. The topological polar surface area (TPSA) is 58.6 Å². The van der Waals surface area contributed by atoms with Crippen molar-refractivity contribution >= 4 is 11.8 Å². The lowest BCUT2D eigenvalue weighted by atomic mass is 10.0. The molecular formula is C28H32N2O3. The van der Waals surface area contributed by atoms with E-state index in [0.717, 1.165) is 27.8 Å². The quantitative estimate of drug-likeness (QED) is 0.533. The third-order valence-corrected chi connectivity index (χ3v) is 5.83. The largest absolute Gasteiger partial charge is 0.483 e. The van der Waals surface area contributed by atoms with E-state index in [1.807, 2.05) is 87.5 Å². The molecule has 0 radical (unpaired) electrons. The Morgan fingerprint density at radius 1 is 0.909 bits per heavy atom. The number of amides is 2. The molecule has 0 heterocycles. The van der Waals surface area contributed by atoms with Gasteiger partial charge in [-0.05, 0) is 54.7 Å². The number of ether oxygens (including phenoxy) is 1. The summed E-state index contributed by atoms with van der Waals surface area (Å²) in [5.74, 6) is 0.257. The Labute approximate surface area is 196 Å². The number of nitrogens with one attached hydrogen (secondary N) is 1. The minimum absolute atomic E-state index is 0.140. The van der Waals surface area contributed by atoms with Crippen LogP contribution in [0.5, 0.6) is 5.75 Å². The van der Waals surface area contributed by atoms with Gasteiger partial charge in [-0.3, -0.25) is 9.59 Å². The van der Waals surface area contributed by atoms with Crippen LogP contribution in [-0.4, -0.2) is 36.4 Å². The van der Waals surface area contributed by atoms with Crippen LogP contribution in [0.2, 0.25) is 0 Å². The van der Waals surface area contributed by atoms with Gasteiger partial charge in [0.2, 0.25) is 5.91 Å². The van der Waals surface area contributed by atoms with Crippen molar-refractivity contribution in [3.8, 4) is 5.75 Å². The number of likely N-dealkylation sites (N-methyl/N-ethyl adjacent to an activating group) is 1. The zero-order valence-corrected chi connectivity index (χ0v) is 19.8. The Bertz CT molecular complexity index is 1080. The predicted molar refractivity (Wildman–Crippen MR) is 131 cm³/mol. The summed E-state index contributed by atoms with van der Waals surface area (Å²) in [5.41, 5.74) is 5.15. The lowest BCUT2D eigenvalue weighted by molar-refractivity contribution is -0.142. The van der Waals surface area contributed by atoms with E-state index >= 15 is 0 Å². The number of rotatable bonds is 9. The maximum absolute atomic E-state index is 13.5. The Balaban J connectivity index is 1.88. The summed E-state index contributed by atoms with van der Waals surface area (Å²) in [7, 11) is 1.60. The van der Waals surface area contributed by atoms with Crippen molar-refractivity contribution in [2.45, 2.75) is 39.8 Å². The van der Waals surface area contributed by atoms with Gasteiger partial charge >= 0.3 is 0 Å². The molecule has 2 amide bonds. The van der Waals surface area contributed by atoms with Crippen molar-refractivity contribution in [2.75, 3.05) is 13.7 Å². The van der Waals surface area contributed by atoms with Gasteiger partial charge in [0.1, 0.15) is 11.8 Å². The molecule has 5 nitrogen and oxygen atoms in total. The first-order valence-corrected chi connectivity index (χ1v) is 11.2. The zero-order valence-electron chi connectivity index (χ0n) is 19.8. The van der Waals surface area contributed by atoms with Crippen LogP contribution in [0, 0.1) is 20.8 Å². The van der Waals surface area contributed by atoms with Gasteiger partial charge in [-0.15, -0.1) is 0 Å². The summed E-state index contributed by atoms with van der Waals surface area (Å²) in [5, 5.41) is 2.73. The maximum Gasteiger partial charge on any atom is 0.261 e. The molecule has 0 aromatic heterocycles. The Kier molecular flexibility index (Phi) is 8.25. The number of hydrogen-bond acceptors (Lipinski definition) is 3. The molecule has 0 spiro atoms. The predicted octanol–water partition coefficient (Wildman–Crippen LogP) is 4.38. The fourth-order valence-electron chi connectivity index (χ4n) is 3.87. The van der Waals surface area contributed by atoms with Gasteiger partial charge in [-0.25, -0.2) is 0 Å². The molecule has 1 atom stereocenters. The summed E-state index contributed by atoms with van der Waals surface area (Å²) in [6, 6.07) is 22.8. The van der Waals surface area contributed by atoms with Crippen LogP contribution in [0.4, 0.5) is 0 Å². The molecule has 3 rings (SSSR count). The second kappa shape index (κ2) is 11.3. The molecule has 1 N–H and O–H groups in total. The Morgan fingerprint density at radius 2 is 1.52 bits per heavy atom. The molecule has 3 aromatic rings. The van der Waals surface area contributed by atoms with E-state index in [1.54, 1.807) is 11.9 Å². The molecular weight excluding hydrogens is 412 g/mol.